The van der Waals surface area contributed by atoms with Gasteiger partial charge in [-0.2, -0.15) is 0 Å². The Hall–Kier alpha value is -0.140. The summed E-state index contributed by atoms with van der Waals surface area (Å²) in [5, 5.41) is 13.7. The van der Waals surface area contributed by atoms with Gasteiger partial charge in [-0.1, -0.05) is 13.8 Å². The summed E-state index contributed by atoms with van der Waals surface area (Å²) < 4.78 is 1.09. The van der Waals surface area contributed by atoms with Gasteiger partial charge in [0.1, 0.15) is 0 Å². The van der Waals surface area contributed by atoms with E-state index in [1.54, 1.807) is 0 Å². The average molecular weight is 339 g/mol. The number of amides is 1. The van der Waals surface area contributed by atoms with Gasteiger partial charge in [-0.15, -0.1) is 11.3 Å². The normalized spacial score (nSPS) is 12.9. The molecule has 84 valence electrons. The third-order valence-electron chi connectivity index (χ3n) is 2.15. The lowest BCUT2D eigenvalue weighted by Crippen LogP contribution is -2.40. The van der Waals surface area contributed by atoms with Crippen LogP contribution in [0, 0.1) is 8.80 Å². The lowest BCUT2D eigenvalue weighted by Gasteiger charge is -2.19. The second-order valence-corrected chi connectivity index (χ2v) is 6.45. The number of thiophene rings is 1. The number of carbonyl (C=O) groups is 1. The van der Waals surface area contributed by atoms with Crippen LogP contribution in [0.15, 0.2) is 11.4 Å². The number of aliphatic hydroxyl groups excluding tert-OH is 1. The molecule has 0 unspecified atom stereocenters. The van der Waals surface area contributed by atoms with E-state index in [0.29, 0.717) is 5.56 Å². The molecule has 1 amide bonds. The van der Waals surface area contributed by atoms with E-state index in [2.05, 4.69) is 27.9 Å². The summed E-state index contributed by atoms with van der Waals surface area (Å²) in [5.74, 6) is 0.124. The minimum atomic E-state index is -0.171. The Balaban J connectivity index is 2.62. The van der Waals surface area contributed by atoms with Crippen molar-refractivity contribution in [2.24, 2.45) is 5.92 Å². The van der Waals surface area contributed by atoms with Crippen molar-refractivity contribution in [3.8, 4) is 0 Å². The van der Waals surface area contributed by atoms with Crippen LogP contribution in [0.4, 0.5) is 0 Å². The van der Waals surface area contributed by atoms with Gasteiger partial charge < -0.3 is 10.4 Å². The van der Waals surface area contributed by atoms with Gasteiger partial charge in [-0.25, -0.2) is 0 Å². The first-order chi connectivity index (χ1) is 7.04. The third-order valence-corrected chi connectivity index (χ3v) is 3.94. The van der Waals surface area contributed by atoms with Gasteiger partial charge >= 0.3 is 0 Å². The van der Waals surface area contributed by atoms with Crippen molar-refractivity contribution in [1.29, 1.82) is 0 Å². The monoisotopic (exact) mass is 339 g/mol. The molecule has 3 nitrogen and oxygen atoms in total. The molecule has 1 aromatic rings. The molecule has 0 spiro atoms. The summed E-state index contributed by atoms with van der Waals surface area (Å²) in [6.45, 7) is 3.92. The molecule has 0 fully saturated rings. The van der Waals surface area contributed by atoms with E-state index in [1.165, 1.54) is 11.3 Å². The number of hydrogen-bond acceptors (Lipinski definition) is 3. The molecule has 2 N–H and O–H groups in total. The average Bonchev–Trinajstić information content (AvgIpc) is 2.60. The van der Waals surface area contributed by atoms with E-state index in [9.17, 15) is 4.79 Å². The number of hydrogen-bond donors (Lipinski definition) is 2. The lowest BCUT2D eigenvalue weighted by molar-refractivity contribution is 0.0897. The van der Waals surface area contributed by atoms with Crippen LogP contribution >= 0.6 is 33.9 Å². The molecule has 1 heterocycles. The van der Waals surface area contributed by atoms with Crippen LogP contribution in [-0.2, 0) is 0 Å². The Morgan fingerprint density at radius 2 is 2.33 bits per heavy atom. The molecule has 0 bridgehead atoms. The van der Waals surface area contributed by atoms with E-state index in [0.717, 1.165) is 2.88 Å². The molecule has 0 saturated carbocycles. The Morgan fingerprint density at radius 1 is 1.67 bits per heavy atom. The van der Waals surface area contributed by atoms with Crippen molar-refractivity contribution < 1.29 is 9.90 Å². The first-order valence-electron chi connectivity index (χ1n) is 4.70. The summed E-state index contributed by atoms with van der Waals surface area (Å²) in [5.41, 5.74) is 0.670. The SMILES string of the molecule is CC(C)[C@@H](CO)NC(=O)c1csc(I)c1. The number of aliphatic hydroxyl groups is 1. The number of rotatable bonds is 4. The van der Waals surface area contributed by atoms with Gasteiger partial charge in [0.25, 0.3) is 5.91 Å². The van der Waals surface area contributed by atoms with Crippen molar-refractivity contribution >= 4 is 39.8 Å². The molecule has 0 aliphatic heterocycles. The largest absolute Gasteiger partial charge is 0.394 e. The third kappa shape index (κ3) is 3.73. The molecular weight excluding hydrogens is 325 g/mol. The summed E-state index contributed by atoms with van der Waals surface area (Å²) in [4.78, 5) is 11.7. The van der Waals surface area contributed by atoms with Crippen molar-refractivity contribution in [3.05, 3.63) is 19.9 Å². The van der Waals surface area contributed by atoms with Gasteiger partial charge in [0, 0.05) is 5.38 Å². The minimum Gasteiger partial charge on any atom is -0.394 e. The van der Waals surface area contributed by atoms with E-state index in [1.807, 2.05) is 25.3 Å². The highest BCUT2D eigenvalue weighted by molar-refractivity contribution is 14.1. The smallest absolute Gasteiger partial charge is 0.252 e. The highest BCUT2D eigenvalue weighted by Gasteiger charge is 2.16. The summed E-state index contributed by atoms with van der Waals surface area (Å²) in [7, 11) is 0. The second-order valence-electron chi connectivity index (χ2n) is 3.65. The van der Waals surface area contributed by atoms with Gasteiger partial charge in [-0.3, -0.25) is 4.79 Å². The zero-order valence-electron chi connectivity index (χ0n) is 8.66. The van der Waals surface area contributed by atoms with Gasteiger partial charge in [0.2, 0.25) is 0 Å². The van der Waals surface area contributed by atoms with Crippen LogP contribution < -0.4 is 5.32 Å². The van der Waals surface area contributed by atoms with E-state index in [-0.39, 0.29) is 24.5 Å². The van der Waals surface area contributed by atoms with Crippen molar-refractivity contribution in [1.82, 2.24) is 5.32 Å². The molecular formula is C10H14INO2S. The lowest BCUT2D eigenvalue weighted by atomic mass is 10.1. The zero-order chi connectivity index (χ0) is 11.4. The van der Waals surface area contributed by atoms with E-state index >= 15 is 0 Å². The van der Waals surface area contributed by atoms with Crippen LogP contribution in [0.25, 0.3) is 0 Å². The number of carbonyl (C=O) groups excluding carboxylic acids is 1. The Kier molecular flexibility index (Phi) is 5.01. The molecule has 1 rings (SSSR count). The van der Waals surface area contributed by atoms with Gasteiger partial charge in [0.15, 0.2) is 0 Å². The molecule has 0 saturated heterocycles. The predicted molar refractivity (Wildman–Crippen MR) is 70.2 cm³/mol. The molecule has 0 radical (unpaired) electrons. The number of nitrogens with one attached hydrogen (secondary N) is 1. The molecule has 0 aliphatic carbocycles. The quantitative estimate of drug-likeness (QED) is 0.826. The maximum atomic E-state index is 11.7. The highest BCUT2D eigenvalue weighted by Crippen LogP contribution is 2.16. The van der Waals surface area contributed by atoms with Crippen LogP contribution in [-0.4, -0.2) is 23.7 Å². The van der Waals surface area contributed by atoms with Crippen LogP contribution in [0.3, 0.4) is 0 Å². The topological polar surface area (TPSA) is 49.3 Å². The molecule has 0 aromatic carbocycles. The Bertz CT molecular complexity index is 338. The van der Waals surface area contributed by atoms with Crippen molar-refractivity contribution in [2.45, 2.75) is 19.9 Å². The maximum Gasteiger partial charge on any atom is 0.252 e. The van der Waals surface area contributed by atoms with Crippen LogP contribution in [0.1, 0.15) is 24.2 Å². The second kappa shape index (κ2) is 5.81. The summed E-state index contributed by atoms with van der Waals surface area (Å²) >= 11 is 3.72. The minimum absolute atomic E-state index is 0.0232. The fourth-order valence-corrected chi connectivity index (χ4v) is 2.43. The van der Waals surface area contributed by atoms with Gasteiger partial charge in [0.05, 0.1) is 21.1 Å². The van der Waals surface area contributed by atoms with E-state index in [4.69, 9.17) is 5.11 Å². The fraction of sp³-hybridized carbons (Fsp3) is 0.500. The molecule has 0 aliphatic rings. The molecule has 15 heavy (non-hydrogen) atoms. The van der Waals surface area contributed by atoms with Crippen molar-refractivity contribution in [3.63, 3.8) is 0 Å². The first-order valence-corrected chi connectivity index (χ1v) is 6.66. The van der Waals surface area contributed by atoms with Crippen LogP contribution in [0.5, 0.6) is 0 Å². The molecule has 1 aromatic heterocycles. The predicted octanol–water partition coefficient (Wildman–Crippen LogP) is 2.10. The fourth-order valence-electron chi connectivity index (χ4n) is 1.10. The summed E-state index contributed by atoms with van der Waals surface area (Å²) in [6, 6.07) is 1.67. The standard InChI is InChI=1S/C10H14INO2S/c1-6(2)8(4-13)12-10(14)7-3-9(11)15-5-7/h3,5-6,8,13H,4H2,1-2H3,(H,12,14)/t8-/m1/s1. The molecule has 1 atom stereocenters. The highest BCUT2D eigenvalue weighted by atomic mass is 127. The summed E-state index contributed by atoms with van der Waals surface area (Å²) in [6.07, 6.45) is 0. The van der Waals surface area contributed by atoms with E-state index < -0.39 is 0 Å². The zero-order valence-corrected chi connectivity index (χ0v) is 11.6. The Morgan fingerprint density at radius 3 is 2.73 bits per heavy atom. The Labute approximate surface area is 107 Å². The maximum absolute atomic E-state index is 11.7. The van der Waals surface area contributed by atoms with Crippen LogP contribution in [0.2, 0.25) is 0 Å². The molecule has 5 heteroatoms. The van der Waals surface area contributed by atoms with Gasteiger partial charge in [-0.05, 0) is 34.6 Å². The first kappa shape index (κ1) is 12.9. The number of halogens is 1. The van der Waals surface area contributed by atoms with Crippen molar-refractivity contribution in [2.75, 3.05) is 6.61 Å².